The van der Waals surface area contributed by atoms with Gasteiger partial charge in [-0.2, -0.15) is 11.8 Å². The average Bonchev–Trinajstić information content (AvgIpc) is 2.98. The molecule has 0 radical (unpaired) electrons. The maximum absolute atomic E-state index is 12.5. The Labute approximate surface area is 176 Å². The normalized spacial score (nSPS) is 17.3. The van der Waals surface area contributed by atoms with Crippen LogP contribution in [-0.4, -0.2) is 78.3 Å². The highest BCUT2D eigenvalue weighted by Gasteiger charge is 2.31. The minimum Gasteiger partial charge on any atom is -0.353 e. The van der Waals surface area contributed by atoms with Gasteiger partial charge >= 0.3 is 0 Å². The van der Waals surface area contributed by atoms with Gasteiger partial charge in [-0.3, -0.25) is 24.0 Å². The van der Waals surface area contributed by atoms with Gasteiger partial charge in [-0.25, -0.2) is 0 Å². The summed E-state index contributed by atoms with van der Waals surface area (Å²) in [5.41, 5.74) is 0. The Morgan fingerprint density at radius 2 is 1.90 bits per heavy atom. The summed E-state index contributed by atoms with van der Waals surface area (Å²) >= 11 is 1.52. The molecule has 2 atom stereocenters. The first kappa shape index (κ1) is 25.3. The molecule has 9 heteroatoms. The van der Waals surface area contributed by atoms with Gasteiger partial charge in [-0.15, -0.1) is 0 Å². The largest absolute Gasteiger partial charge is 0.353 e. The third-order valence-corrected chi connectivity index (χ3v) is 6.17. The molecule has 2 amide bonds. The summed E-state index contributed by atoms with van der Waals surface area (Å²) in [7, 11) is 3.34. The summed E-state index contributed by atoms with van der Waals surface area (Å²) in [6.45, 7) is 2.44. The van der Waals surface area contributed by atoms with Crippen LogP contribution in [0.25, 0.3) is 0 Å². The van der Waals surface area contributed by atoms with Gasteiger partial charge in [0.05, 0.1) is 11.7 Å². The van der Waals surface area contributed by atoms with Gasteiger partial charge < -0.3 is 15.5 Å². The molecule has 1 saturated carbocycles. The summed E-state index contributed by atoms with van der Waals surface area (Å²) in [5, 5.41) is 5.47. The molecular weight excluding hydrogens is 394 g/mol. The number of likely N-dealkylation sites (N-methyl/N-ethyl adjacent to an activating group) is 2. The Kier molecular flexibility index (Phi) is 11.8. The monoisotopic (exact) mass is 427 g/mol. The molecule has 1 fully saturated rings. The Bertz CT molecular complexity index is 611. The smallest absolute Gasteiger partial charge is 0.243 e. The van der Waals surface area contributed by atoms with E-state index in [9.17, 15) is 24.0 Å². The lowest BCUT2D eigenvalue weighted by Crippen LogP contribution is -2.49. The first-order valence-electron chi connectivity index (χ1n) is 10.1. The second-order valence-corrected chi connectivity index (χ2v) is 8.69. The van der Waals surface area contributed by atoms with Gasteiger partial charge in [-0.05, 0) is 32.6 Å². The second kappa shape index (κ2) is 13.5. The highest BCUT2D eigenvalue weighted by Crippen LogP contribution is 2.25. The number of hydrogen-bond acceptors (Lipinski definition) is 7. The number of rotatable bonds is 14. The fourth-order valence-electron chi connectivity index (χ4n) is 3.09. The summed E-state index contributed by atoms with van der Waals surface area (Å²) in [5.74, 6) is 0.213. The van der Waals surface area contributed by atoms with E-state index >= 15 is 0 Å². The lowest BCUT2D eigenvalue weighted by molar-refractivity contribution is -0.140. The molecule has 0 bridgehead atoms. The lowest BCUT2D eigenvalue weighted by Gasteiger charge is -2.27. The maximum atomic E-state index is 12.5. The molecule has 0 aromatic carbocycles. The fraction of sp³-hybridized carbons (Fsp3) is 0.750. The number of carbonyl (C=O) groups is 5. The molecule has 0 spiro atoms. The Morgan fingerprint density at radius 3 is 2.48 bits per heavy atom. The molecule has 1 aliphatic rings. The van der Waals surface area contributed by atoms with Crippen LogP contribution in [0.4, 0.5) is 0 Å². The molecule has 8 nitrogen and oxygen atoms in total. The van der Waals surface area contributed by atoms with E-state index in [0.29, 0.717) is 32.4 Å². The van der Waals surface area contributed by atoms with Crippen LogP contribution >= 0.6 is 11.8 Å². The van der Waals surface area contributed by atoms with Crippen molar-refractivity contribution in [1.29, 1.82) is 0 Å². The van der Waals surface area contributed by atoms with E-state index in [4.69, 9.17) is 0 Å². The van der Waals surface area contributed by atoms with Crippen molar-refractivity contribution in [2.24, 2.45) is 0 Å². The number of carbonyl (C=O) groups excluding carboxylic acids is 5. The van der Waals surface area contributed by atoms with Crippen molar-refractivity contribution in [3.8, 4) is 0 Å². The van der Waals surface area contributed by atoms with Crippen molar-refractivity contribution >= 4 is 40.9 Å². The van der Waals surface area contributed by atoms with Gasteiger partial charge in [-0.1, -0.05) is 6.42 Å². The van der Waals surface area contributed by atoms with Crippen LogP contribution in [-0.2, 0) is 24.0 Å². The quantitative estimate of drug-likeness (QED) is 0.310. The number of nitrogens with one attached hydrogen (secondary N) is 2. The van der Waals surface area contributed by atoms with E-state index in [1.165, 1.54) is 23.6 Å². The molecule has 0 saturated heterocycles. The second-order valence-electron chi connectivity index (χ2n) is 7.38. The zero-order valence-electron chi connectivity index (χ0n) is 17.6. The summed E-state index contributed by atoms with van der Waals surface area (Å²) in [6, 6.07) is -0.793. The predicted molar refractivity (Wildman–Crippen MR) is 113 cm³/mol. The standard InChI is InChI=1S/C20H33N3O5S/c1-14(24)11-16(20(28)22-9-8-21-2)23(3)19(27)7-5-4-6-10-29-18-13-15(25)12-17(18)26/h16,18,21H,4-13H2,1-3H3,(H,22,28). The van der Waals surface area contributed by atoms with E-state index in [0.717, 1.165) is 18.6 Å². The lowest BCUT2D eigenvalue weighted by atomic mass is 10.1. The van der Waals surface area contributed by atoms with Crippen LogP contribution < -0.4 is 10.6 Å². The molecule has 29 heavy (non-hydrogen) atoms. The number of ketones is 3. The van der Waals surface area contributed by atoms with Crippen LogP contribution in [0.15, 0.2) is 0 Å². The zero-order valence-corrected chi connectivity index (χ0v) is 18.4. The molecule has 0 heterocycles. The van der Waals surface area contributed by atoms with E-state index < -0.39 is 6.04 Å². The van der Waals surface area contributed by atoms with Crippen molar-refractivity contribution in [2.45, 2.75) is 63.2 Å². The maximum Gasteiger partial charge on any atom is 0.243 e. The van der Waals surface area contributed by atoms with Crippen LogP contribution in [0.1, 0.15) is 51.9 Å². The Morgan fingerprint density at radius 1 is 1.17 bits per heavy atom. The molecule has 0 aromatic rings. The third kappa shape index (κ3) is 9.54. The number of nitrogens with zero attached hydrogens (tertiary/aromatic N) is 1. The predicted octanol–water partition coefficient (Wildman–Crippen LogP) is 0.722. The third-order valence-electron chi connectivity index (χ3n) is 4.82. The number of amides is 2. The molecule has 2 unspecified atom stereocenters. The Balaban J connectivity index is 2.33. The molecule has 164 valence electrons. The zero-order chi connectivity index (χ0) is 21.8. The van der Waals surface area contributed by atoms with Gasteiger partial charge in [0.15, 0.2) is 5.78 Å². The van der Waals surface area contributed by atoms with E-state index in [-0.39, 0.29) is 47.3 Å². The average molecular weight is 428 g/mol. The van der Waals surface area contributed by atoms with Crippen LogP contribution in [0.2, 0.25) is 0 Å². The number of Topliss-reactive ketones (excluding diaryl/α,β-unsaturated/α-hetero) is 3. The SMILES string of the molecule is CNCCNC(=O)C(CC(C)=O)N(C)C(=O)CCCCCSC1CC(=O)CC1=O. The van der Waals surface area contributed by atoms with Crippen molar-refractivity contribution in [3.05, 3.63) is 0 Å². The molecular formula is C20H33N3O5S. The minimum atomic E-state index is -0.793. The first-order chi connectivity index (χ1) is 13.8. The summed E-state index contributed by atoms with van der Waals surface area (Å²) < 4.78 is 0. The topological polar surface area (TPSA) is 113 Å². The van der Waals surface area contributed by atoms with Crippen molar-refractivity contribution in [1.82, 2.24) is 15.5 Å². The van der Waals surface area contributed by atoms with Gasteiger partial charge in [0.2, 0.25) is 11.8 Å². The molecule has 0 aliphatic heterocycles. The minimum absolute atomic E-state index is 0.00158. The van der Waals surface area contributed by atoms with Gasteiger partial charge in [0, 0.05) is 39.4 Å². The van der Waals surface area contributed by atoms with E-state index in [1.807, 2.05) is 0 Å². The Hall–Kier alpha value is -1.74. The van der Waals surface area contributed by atoms with Crippen LogP contribution in [0.5, 0.6) is 0 Å². The van der Waals surface area contributed by atoms with E-state index in [2.05, 4.69) is 10.6 Å². The van der Waals surface area contributed by atoms with Crippen LogP contribution in [0, 0.1) is 0 Å². The van der Waals surface area contributed by atoms with E-state index in [1.54, 1.807) is 14.1 Å². The highest BCUT2D eigenvalue weighted by atomic mass is 32.2. The number of unbranched alkanes of at least 4 members (excludes halogenated alkanes) is 2. The van der Waals surface area contributed by atoms with Gasteiger partial charge in [0.1, 0.15) is 17.6 Å². The molecule has 2 N–H and O–H groups in total. The number of thioether (sulfide) groups is 1. The van der Waals surface area contributed by atoms with Crippen molar-refractivity contribution in [2.75, 3.05) is 32.9 Å². The van der Waals surface area contributed by atoms with Crippen LogP contribution in [0.3, 0.4) is 0 Å². The first-order valence-corrected chi connectivity index (χ1v) is 11.1. The fourth-order valence-corrected chi connectivity index (χ4v) is 4.32. The highest BCUT2D eigenvalue weighted by molar-refractivity contribution is 8.00. The summed E-state index contributed by atoms with van der Waals surface area (Å²) in [4.78, 5) is 60.5. The number of hydrogen-bond donors (Lipinski definition) is 2. The molecule has 0 aromatic heterocycles. The molecule has 1 rings (SSSR count). The van der Waals surface area contributed by atoms with Crippen molar-refractivity contribution in [3.63, 3.8) is 0 Å². The van der Waals surface area contributed by atoms with Crippen molar-refractivity contribution < 1.29 is 24.0 Å². The summed E-state index contributed by atoms with van der Waals surface area (Å²) in [6.07, 6.45) is 3.09. The van der Waals surface area contributed by atoms with Gasteiger partial charge in [0.25, 0.3) is 0 Å². The molecule has 1 aliphatic carbocycles.